The molecule has 0 atom stereocenters. The van der Waals surface area contributed by atoms with Gasteiger partial charge in [0.1, 0.15) is 0 Å². The fraction of sp³-hybridized carbons (Fsp3) is 0.286. The van der Waals surface area contributed by atoms with Gasteiger partial charge in [0.15, 0.2) is 0 Å². The van der Waals surface area contributed by atoms with E-state index in [1.807, 2.05) is 17.5 Å². The lowest BCUT2D eigenvalue weighted by atomic mass is 10.3. The number of fused-ring (bicyclic) bond motifs is 1. The third-order valence-corrected chi connectivity index (χ3v) is 3.66. The molecule has 10 heavy (non-hydrogen) atoms. The predicted molar refractivity (Wildman–Crippen MR) is 47.0 cm³/mol. The smallest absolute Gasteiger partial charge is 0.0688 e. The van der Waals surface area contributed by atoms with Gasteiger partial charge in [0.2, 0.25) is 0 Å². The Morgan fingerprint density at radius 3 is 2.80 bits per heavy atom. The maximum Gasteiger partial charge on any atom is 0.0688 e. The van der Waals surface area contributed by atoms with Crippen LogP contribution >= 0.6 is 22.9 Å². The summed E-state index contributed by atoms with van der Waals surface area (Å²) in [6.45, 7) is 4.30. The highest BCUT2D eigenvalue weighted by Gasteiger charge is 2.05. The zero-order valence-corrected chi connectivity index (χ0v) is 7.47. The molecule has 0 fully saturated rings. The first-order valence-electron chi connectivity index (χ1n) is 3.09. The van der Waals surface area contributed by atoms with E-state index in [0.29, 0.717) is 0 Å². The molecular weight excluding hydrogens is 162 g/mol. The largest absolute Gasteiger partial charge is 0.200 e. The van der Waals surface area contributed by atoms with E-state index in [9.17, 15) is 0 Å². The Bertz CT molecular complexity index is 327. The lowest BCUT2D eigenvalue weighted by Gasteiger charge is -1.75. The number of hydrogen-bond donors (Lipinski definition) is 0. The topological polar surface area (TPSA) is 12.9 Å². The Hall–Kier alpha value is -0.410. The molecule has 0 amide bonds. The number of aryl methyl sites for hydroxylation is 2. The van der Waals surface area contributed by atoms with Crippen LogP contribution in [0.5, 0.6) is 0 Å². The molecule has 2 heterocycles. The fourth-order valence-corrected chi connectivity index (χ4v) is 3.00. The molecule has 0 aliphatic rings. The Labute approximate surface area is 67.5 Å². The van der Waals surface area contributed by atoms with Crippen LogP contribution in [0.1, 0.15) is 9.75 Å². The lowest BCUT2D eigenvalue weighted by Crippen LogP contribution is -1.54. The highest BCUT2D eigenvalue weighted by atomic mass is 32.1. The number of thiophene rings is 1. The van der Waals surface area contributed by atoms with Crippen LogP contribution in [-0.2, 0) is 0 Å². The van der Waals surface area contributed by atoms with E-state index in [2.05, 4.69) is 18.2 Å². The average molecular weight is 169 g/mol. The van der Waals surface area contributed by atoms with Gasteiger partial charge < -0.3 is 0 Å². The molecule has 1 nitrogen and oxygen atoms in total. The third kappa shape index (κ3) is 0.707. The molecule has 2 aromatic rings. The van der Waals surface area contributed by atoms with Crippen molar-refractivity contribution >= 4 is 33.0 Å². The zero-order valence-electron chi connectivity index (χ0n) is 5.84. The Kier molecular flexibility index (Phi) is 1.28. The molecule has 0 saturated heterocycles. The summed E-state index contributed by atoms with van der Waals surface area (Å²) in [6.07, 6.45) is 1.96. The van der Waals surface area contributed by atoms with Gasteiger partial charge in [-0.2, -0.15) is 4.37 Å². The van der Waals surface area contributed by atoms with Crippen molar-refractivity contribution in [1.82, 2.24) is 4.37 Å². The van der Waals surface area contributed by atoms with Crippen LogP contribution in [0.2, 0.25) is 0 Å². The molecule has 3 heteroatoms. The molecule has 0 N–H and O–H groups in total. The average Bonchev–Trinajstić information content (AvgIpc) is 2.39. The van der Waals surface area contributed by atoms with Crippen molar-refractivity contribution in [2.24, 2.45) is 0 Å². The monoisotopic (exact) mass is 169 g/mol. The normalized spacial score (nSPS) is 11.0. The van der Waals surface area contributed by atoms with Crippen molar-refractivity contribution in [2.45, 2.75) is 13.8 Å². The van der Waals surface area contributed by atoms with Crippen molar-refractivity contribution in [1.29, 1.82) is 0 Å². The first kappa shape index (κ1) is 6.31. The second-order valence-corrected chi connectivity index (χ2v) is 4.51. The van der Waals surface area contributed by atoms with E-state index in [1.165, 1.54) is 19.8 Å². The number of nitrogens with zero attached hydrogens (tertiary/aromatic N) is 1. The van der Waals surface area contributed by atoms with Crippen LogP contribution in [-0.4, -0.2) is 4.37 Å². The fourth-order valence-electron chi connectivity index (χ4n) is 1.08. The minimum atomic E-state index is 1.34. The molecule has 0 unspecified atom stereocenters. The summed E-state index contributed by atoms with van der Waals surface area (Å²) in [7, 11) is 0. The van der Waals surface area contributed by atoms with Crippen molar-refractivity contribution in [3.05, 3.63) is 16.0 Å². The minimum absolute atomic E-state index is 1.34. The quantitative estimate of drug-likeness (QED) is 0.591. The van der Waals surface area contributed by atoms with Crippen molar-refractivity contribution in [3.8, 4) is 0 Å². The van der Waals surface area contributed by atoms with Gasteiger partial charge in [-0.3, -0.25) is 0 Å². The number of rotatable bonds is 0. The van der Waals surface area contributed by atoms with Gasteiger partial charge in [0, 0.05) is 21.3 Å². The molecule has 52 valence electrons. The maximum atomic E-state index is 4.13. The minimum Gasteiger partial charge on any atom is -0.200 e. The Morgan fingerprint density at radius 2 is 2.10 bits per heavy atom. The van der Waals surface area contributed by atoms with Crippen LogP contribution in [0.4, 0.5) is 0 Å². The molecule has 2 rings (SSSR count). The molecule has 0 saturated carbocycles. The number of aromatic nitrogens is 1. The summed E-state index contributed by atoms with van der Waals surface area (Å²) < 4.78 is 5.49. The summed E-state index contributed by atoms with van der Waals surface area (Å²) in [5, 5.41) is 1.34. The van der Waals surface area contributed by atoms with Gasteiger partial charge in [0.05, 0.1) is 4.70 Å². The van der Waals surface area contributed by atoms with E-state index < -0.39 is 0 Å². The maximum absolute atomic E-state index is 4.13. The zero-order chi connectivity index (χ0) is 7.14. The van der Waals surface area contributed by atoms with Crippen LogP contribution in [0.15, 0.2) is 6.20 Å². The summed E-state index contributed by atoms with van der Waals surface area (Å²) in [5.41, 5.74) is 0. The SMILES string of the molecule is Cc1sc(C)c2sncc12. The van der Waals surface area contributed by atoms with Gasteiger partial charge in [-0.25, -0.2) is 0 Å². The van der Waals surface area contributed by atoms with Gasteiger partial charge in [0.25, 0.3) is 0 Å². The molecule has 0 bridgehead atoms. The predicted octanol–water partition coefficient (Wildman–Crippen LogP) is 2.97. The molecular formula is C7H7NS2. The molecule has 0 radical (unpaired) electrons. The van der Waals surface area contributed by atoms with E-state index >= 15 is 0 Å². The van der Waals surface area contributed by atoms with E-state index in [0.717, 1.165) is 0 Å². The molecule has 0 aromatic carbocycles. The van der Waals surface area contributed by atoms with Gasteiger partial charge in [-0.1, -0.05) is 0 Å². The standard InChI is InChI=1S/C7H7NS2/c1-4-6-3-8-10-7(6)5(2)9-4/h3H,1-2H3. The van der Waals surface area contributed by atoms with Crippen LogP contribution < -0.4 is 0 Å². The second-order valence-electron chi connectivity index (χ2n) is 2.28. The van der Waals surface area contributed by atoms with Gasteiger partial charge >= 0.3 is 0 Å². The molecule has 0 aliphatic carbocycles. The van der Waals surface area contributed by atoms with Crippen LogP contribution in [0.25, 0.3) is 10.1 Å². The van der Waals surface area contributed by atoms with Crippen molar-refractivity contribution < 1.29 is 0 Å². The van der Waals surface area contributed by atoms with Crippen LogP contribution in [0.3, 0.4) is 0 Å². The van der Waals surface area contributed by atoms with E-state index in [-0.39, 0.29) is 0 Å². The molecule has 2 aromatic heterocycles. The van der Waals surface area contributed by atoms with Gasteiger partial charge in [-0.05, 0) is 25.4 Å². The lowest BCUT2D eigenvalue weighted by molar-refractivity contribution is 1.59. The van der Waals surface area contributed by atoms with E-state index in [4.69, 9.17) is 0 Å². The van der Waals surface area contributed by atoms with Gasteiger partial charge in [-0.15, -0.1) is 11.3 Å². The van der Waals surface area contributed by atoms with Crippen molar-refractivity contribution in [3.63, 3.8) is 0 Å². The summed E-state index contributed by atoms with van der Waals surface area (Å²) in [5.74, 6) is 0. The first-order valence-corrected chi connectivity index (χ1v) is 4.68. The second kappa shape index (κ2) is 2.04. The van der Waals surface area contributed by atoms with Crippen LogP contribution in [0, 0.1) is 13.8 Å². The molecule has 0 aliphatic heterocycles. The number of hydrogen-bond acceptors (Lipinski definition) is 3. The highest BCUT2D eigenvalue weighted by molar-refractivity contribution is 7.21. The third-order valence-electron chi connectivity index (χ3n) is 1.58. The van der Waals surface area contributed by atoms with Crippen molar-refractivity contribution in [2.75, 3.05) is 0 Å². The summed E-state index contributed by atoms with van der Waals surface area (Å²) in [6, 6.07) is 0. The summed E-state index contributed by atoms with van der Waals surface area (Å²) in [4.78, 5) is 2.79. The summed E-state index contributed by atoms with van der Waals surface area (Å²) >= 11 is 3.45. The molecule has 0 spiro atoms. The Morgan fingerprint density at radius 1 is 1.30 bits per heavy atom. The highest BCUT2D eigenvalue weighted by Crippen LogP contribution is 2.32. The van der Waals surface area contributed by atoms with E-state index in [1.54, 1.807) is 11.5 Å². The Balaban J connectivity index is 2.98. The first-order chi connectivity index (χ1) is 4.79.